The first-order valence-electron chi connectivity index (χ1n) is 9.79. The summed E-state index contributed by atoms with van der Waals surface area (Å²) in [6.45, 7) is 8.02. The maximum atomic E-state index is 12.6. The maximum Gasteiger partial charge on any atom is 0.317 e. The third kappa shape index (κ3) is 5.15. The van der Waals surface area contributed by atoms with Gasteiger partial charge in [0.05, 0.1) is 12.8 Å². The van der Waals surface area contributed by atoms with Gasteiger partial charge < -0.3 is 20.0 Å². The number of hydrogen-bond acceptors (Lipinski definition) is 3. The molecule has 6 heteroatoms. The molecule has 0 radical (unpaired) electrons. The molecule has 0 atom stereocenters. The number of benzene rings is 1. The number of likely N-dealkylation sites (tertiary alicyclic amines) is 1. The van der Waals surface area contributed by atoms with Crippen molar-refractivity contribution >= 4 is 17.6 Å². The fourth-order valence-electron chi connectivity index (χ4n) is 3.33. The van der Waals surface area contributed by atoms with Crippen molar-refractivity contribution in [1.29, 1.82) is 0 Å². The molecule has 0 unspecified atom stereocenters. The van der Waals surface area contributed by atoms with Gasteiger partial charge in [0.1, 0.15) is 5.76 Å². The number of hydrogen-bond donors (Lipinski definition) is 2. The molecule has 1 saturated heterocycles. The fraction of sp³-hybridized carbons (Fsp3) is 0.455. The van der Waals surface area contributed by atoms with Crippen LogP contribution >= 0.6 is 0 Å². The van der Waals surface area contributed by atoms with Crippen molar-refractivity contribution in [2.45, 2.75) is 45.6 Å². The van der Waals surface area contributed by atoms with Crippen LogP contribution in [0.2, 0.25) is 0 Å². The fourth-order valence-corrected chi connectivity index (χ4v) is 3.33. The van der Waals surface area contributed by atoms with E-state index < -0.39 is 0 Å². The van der Waals surface area contributed by atoms with Crippen LogP contribution in [0.4, 0.5) is 10.5 Å². The number of nitrogens with one attached hydrogen (secondary N) is 2. The van der Waals surface area contributed by atoms with E-state index in [0.717, 1.165) is 11.4 Å². The van der Waals surface area contributed by atoms with Crippen LogP contribution < -0.4 is 10.6 Å². The first kappa shape index (κ1) is 20.0. The molecule has 2 heterocycles. The van der Waals surface area contributed by atoms with Gasteiger partial charge in [-0.1, -0.05) is 32.9 Å². The van der Waals surface area contributed by atoms with Gasteiger partial charge in [0.2, 0.25) is 5.91 Å². The zero-order valence-electron chi connectivity index (χ0n) is 16.8. The Morgan fingerprint density at radius 1 is 1.11 bits per heavy atom. The molecule has 2 aromatic rings. The van der Waals surface area contributed by atoms with Crippen molar-refractivity contribution in [3.63, 3.8) is 0 Å². The van der Waals surface area contributed by atoms with Crippen LogP contribution in [0.5, 0.6) is 0 Å². The van der Waals surface area contributed by atoms with E-state index >= 15 is 0 Å². The molecular weight excluding hydrogens is 354 g/mol. The molecule has 1 fully saturated rings. The lowest BCUT2D eigenvalue weighted by atomic mass is 9.87. The number of piperidine rings is 1. The molecule has 1 aliphatic heterocycles. The summed E-state index contributed by atoms with van der Waals surface area (Å²) in [5.74, 6) is 0.677. The van der Waals surface area contributed by atoms with Gasteiger partial charge in [0, 0.05) is 24.7 Å². The van der Waals surface area contributed by atoms with Crippen LogP contribution in [0.15, 0.2) is 47.1 Å². The molecule has 0 spiro atoms. The smallest absolute Gasteiger partial charge is 0.317 e. The molecule has 6 nitrogen and oxygen atoms in total. The molecule has 150 valence electrons. The van der Waals surface area contributed by atoms with E-state index in [4.69, 9.17) is 4.42 Å². The van der Waals surface area contributed by atoms with Gasteiger partial charge in [-0.3, -0.25) is 4.79 Å². The Bertz CT molecular complexity index is 783. The summed E-state index contributed by atoms with van der Waals surface area (Å²) in [6, 6.07) is 11.5. The first-order valence-corrected chi connectivity index (χ1v) is 9.79. The monoisotopic (exact) mass is 383 g/mol. The zero-order chi connectivity index (χ0) is 20.1. The second kappa shape index (κ2) is 8.50. The third-order valence-electron chi connectivity index (χ3n) is 5.17. The number of carbonyl (C=O) groups excluding carboxylic acids is 2. The van der Waals surface area contributed by atoms with Crippen LogP contribution in [-0.4, -0.2) is 29.9 Å². The van der Waals surface area contributed by atoms with E-state index in [1.807, 2.05) is 18.2 Å². The summed E-state index contributed by atoms with van der Waals surface area (Å²) in [4.78, 5) is 26.6. The van der Waals surface area contributed by atoms with Crippen molar-refractivity contribution < 1.29 is 14.0 Å². The van der Waals surface area contributed by atoms with Crippen molar-refractivity contribution in [1.82, 2.24) is 10.2 Å². The average Bonchev–Trinajstić information content (AvgIpc) is 3.19. The van der Waals surface area contributed by atoms with Crippen LogP contribution in [-0.2, 0) is 16.8 Å². The summed E-state index contributed by atoms with van der Waals surface area (Å²) < 4.78 is 5.22. The summed E-state index contributed by atoms with van der Waals surface area (Å²) in [7, 11) is 0. The normalized spacial score (nSPS) is 15.3. The Hall–Kier alpha value is -2.76. The van der Waals surface area contributed by atoms with Crippen LogP contribution in [0.25, 0.3) is 0 Å². The highest BCUT2D eigenvalue weighted by molar-refractivity contribution is 5.92. The summed E-state index contributed by atoms with van der Waals surface area (Å²) in [5.41, 5.74) is 2.14. The largest absolute Gasteiger partial charge is 0.467 e. The van der Waals surface area contributed by atoms with Crippen molar-refractivity contribution in [2.24, 2.45) is 5.92 Å². The highest BCUT2D eigenvalue weighted by Crippen LogP contribution is 2.24. The quantitative estimate of drug-likeness (QED) is 0.833. The molecule has 2 N–H and O–H groups in total. The number of rotatable bonds is 4. The van der Waals surface area contributed by atoms with Crippen molar-refractivity contribution in [2.75, 3.05) is 18.4 Å². The van der Waals surface area contributed by atoms with Crippen LogP contribution in [0.3, 0.4) is 0 Å². The Labute approximate surface area is 166 Å². The van der Waals surface area contributed by atoms with E-state index in [2.05, 4.69) is 43.5 Å². The van der Waals surface area contributed by atoms with E-state index in [1.165, 1.54) is 5.56 Å². The van der Waals surface area contributed by atoms with E-state index in [0.29, 0.717) is 32.5 Å². The Morgan fingerprint density at radius 3 is 2.36 bits per heavy atom. The van der Waals surface area contributed by atoms with Gasteiger partial charge in [0.25, 0.3) is 0 Å². The highest BCUT2D eigenvalue weighted by Gasteiger charge is 2.27. The van der Waals surface area contributed by atoms with Crippen LogP contribution in [0, 0.1) is 5.92 Å². The summed E-state index contributed by atoms with van der Waals surface area (Å²) in [6.07, 6.45) is 2.92. The molecule has 0 saturated carbocycles. The molecule has 1 aromatic carbocycles. The number of urea groups is 1. The second-order valence-electron chi connectivity index (χ2n) is 8.32. The predicted octanol–water partition coefficient (Wildman–Crippen LogP) is 4.14. The lowest BCUT2D eigenvalue weighted by molar-refractivity contribution is -0.121. The van der Waals surface area contributed by atoms with Gasteiger partial charge in [-0.25, -0.2) is 4.79 Å². The minimum atomic E-state index is -0.118. The van der Waals surface area contributed by atoms with Gasteiger partial charge >= 0.3 is 6.03 Å². The molecular formula is C22H29N3O3. The second-order valence-corrected chi connectivity index (χ2v) is 8.32. The lowest BCUT2D eigenvalue weighted by Crippen LogP contribution is -2.45. The number of furan rings is 1. The summed E-state index contributed by atoms with van der Waals surface area (Å²) >= 11 is 0. The van der Waals surface area contributed by atoms with E-state index in [-0.39, 0.29) is 23.3 Å². The van der Waals surface area contributed by atoms with Gasteiger partial charge in [-0.15, -0.1) is 0 Å². The Kier molecular flexibility index (Phi) is 6.07. The molecule has 1 aliphatic rings. The average molecular weight is 383 g/mol. The SMILES string of the molecule is CC(C)(C)c1ccc(NC(=O)C2CCN(C(=O)NCc3ccco3)CC2)cc1. The number of nitrogens with zero attached hydrogens (tertiary/aromatic N) is 1. The minimum absolute atomic E-state index is 0.0270. The third-order valence-corrected chi connectivity index (χ3v) is 5.17. The lowest BCUT2D eigenvalue weighted by Gasteiger charge is -2.31. The molecule has 1 aromatic heterocycles. The summed E-state index contributed by atoms with van der Waals surface area (Å²) in [5, 5.41) is 5.86. The topological polar surface area (TPSA) is 74.6 Å². The molecule has 0 aliphatic carbocycles. The number of anilines is 1. The van der Waals surface area contributed by atoms with E-state index in [9.17, 15) is 9.59 Å². The highest BCUT2D eigenvalue weighted by atomic mass is 16.3. The molecule has 3 amide bonds. The molecule has 28 heavy (non-hydrogen) atoms. The van der Waals surface area contributed by atoms with Crippen LogP contribution in [0.1, 0.15) is 44.9 Å². The van der Waals surface area contributed by atoms with Crippen molar-refractivity contribution in [3.05, 3.63) is 54.0 Å². The van der Waals surface area contributed by atoms with E-state index in [1.54, 1.807) is 17.2 Å². The Morgan fingerprint density at radius 2 is 1.79 bits per heavy atom. The number of amides is 3. The van der Waals surface area contributed by atoms with Gasteiger partial charge in [0.15, 0.2) is 0 Å². The molecule has 0 bridgehead atoms. The Balaban J connectivity index is 1.45. The van der Waals surface area contributed by atoms with Crippen molar-refractivity contribution in [3.8, 4) is 0 Å². The maximum absolute atomic E-state index is 12.6. The predicted molar refractivity (Wildman–Crippen MR) is 109 cm³/mol. The first-order chi connectivity index (χ1) is 13.3. The molecule has 3 rings (SSSR count). The zero-order valence-corrected chi connectivity index (χ0v) is 16.8. The van der Waals surface area contributed by atoms with Gasteiger partial charge in [-0.05, 0) is 48.1 Å². The standard InChI is InChI=1S/C22H29N3O3/c1-22(2,3)17-6-8-18(9-7-17)24-20(26)16-10-12-25(13-11-16)21(27)23-15-19-5-4-14-28-19/h4-9,14,16H,10-13,15H2,1-3H3,(H,23,27)(H,24,26). The number of carbonyl (C=O) groups is 2. The van der Waals surface area contributed by atoms with Gasteiger partial charge in [-0.2, -0.15) is 0 Å². The minimum Gasteiger partial charge on any atom is -0.467 e.